The van der Waals surface area contributed by atoms with Crippen LogP contribution in [0, 0.1) is 24.7 Å². The number of anilines is 1. The zero-order chi connectivity index (χ0) is 29.4. The van der Waals surface area contributed by atoms with Crippen LogP contribution < -0.4 is 9.64 Å². The van der Waals surface area contributed by atoms with E-state index in [1.165, 1.54) is 11.1 Å². The number of amides is 1. The number of carboxylic acids is 1. The maximum absolute atomic E-state index is 12.5. The highest BCUT2D eigenvalue weighted by atomic mass is 32.1. The first-order valence-corrected chi connectivity index (χ1v) is 15.9. The first-order valence-electron chi connectivity index (χ1n) is 15.0. The summed E-state index contributed by atoms with van der Waals surface area (Å²) in [7, 11) is 0. The number of aryl methyl sites for hydroxylation is 1. The van der Waals surface area contributed by atoms with Crippen molar-refractivity contribution in [3.63, 3.8) is 0 Å². The molecule has 2 aliphatic heterocycles. The normalized spacial score (nSPS) is 22.7. The van der Waals surface area contributed by atoms with Crippen LogP contribution in [0.25, 0.3) is 11.3 Å². The van der Waals surface area contributed by atoms with Crippen LogP contribution in [0.1, 0.15) is 43.4 Å². The van der Waals surface area contributed by atoms with Crippen molar-refractivity contribution in [2.75, 3.05) is 37.6 Å². The van der Waals surface area contributed by atoms with Crippen molar-refractivity contribution in [1.29, 1.82) is 0 Å². The first-order chi connectivity index (χ1) is 20.3. The second-order valence-corrected chi connectivity index (χ2v) is 13.2. The zero-order valence-electron chi connectivity index (χ0n) is 24.7. The maximum atomic E-state index is 12.5. The molecule has 8 nitrogen and oxygen atoms in total. The van der Waals surface area contributed by atoms with Gasteiger partial charge in [-0.2, -0.15) is 0 Å². The Morgan fingerprint density at radius 3 is 2.57 bits per heavy atom. The van der Waals surface area contributed by atoms with E-state index in [4.69, 9.17) is 9.72 Å². The Hall–Kier alpha value is -3.43. The number of aliphatic carboxylic acids is 1. The van der Waals surface area contributed by atoms with E-state index in [0.29, 0.717) is 13.2 Å². The number of piperazine rings is 1. The van der Waals surface area contributed by atoms with Gasteiger partial charge in [0.15, 0.2) is 5.13 Å². The number of carbonyl (C=O) groups is 2. The molecule has 2 saturated heterocycles. The summed E-state index contributed by atoms with van der Waals surface area (Å²) in [6, 6.07) is 14.8. The second-order valence-electron chi connectivity index (χ2n) is 12.3. The van der Waals surface area contributed by atoms with Gasteiger partial charge < -0.3 is 19.6 Å². The van der Waals surface area contributed by atoms with Gasteiger partial charge in [-0.25, -0.2) is 4.98 Å². The standard InChI is InChI=1S/C33H40N4O4S/c1-21(2)37-13-12-35(18-30(37)38)15-23-8-9-26(22(3)14-23)19-41-29-7-5-4-6-27(29)28-20-42-33(34-28)36-16-24-10-11-25(17-36)31(24)32(39)40/h4-9,14,20-21,24-25,31H,10-13,15-19H2,1-3H3,(H,39,40). The van der Waals surface area contributed by atoms with Gasteiger partial charge in [0.1, 0.15) is 12.4 Å². The SMILES string of the molecule is Cc1cc(CN2CCN(C(C)C)C(=O)C2)ccc1COc1ccccc1-c1csc(N2CC3CCC(C2)C3C(=O)O)n1. The molecule has 2 aromatic carbocycles. The lowest BCUT2D eigenvalue weighted by atomic mass is 9.85. The smallest absolute Gasteiger partial charge is 0.307 e. The highest BCUT2D eigenvalue weighted by molar-refractivity contribution is 7.14. The third-order valence-electron chi connectivity index (χ3n) is 9.20. The van der Waals surface area contributed by atoms with E-state index in [0.717, 1.165) is 73.3 Å². The number of thiazole rings is 1. The van der Waals surface area contributed by atoms with E-state index < -0.39 is 5.97 Å². The lowest BCUT2D eigenvalue weighted by Crippen LogP contribution is -2.52. The molecule has 2 bridgehead atoms. The predicted molar refractivity (Wildman–Crippen MR) is 165 cm³/mol. The van der Waals surface area contributed by atoms with Crippen molar-refractivity contribution in [2.45, 2.75) is 52.8 Å². The van der Waals surface area contributed by atoms with Crippen LogP contribution in [0.3, 0.4) is 0 Å². The Bertz CT molecular complexity index is 1440. The number of para-hydroxylation sites is 1. The summed E-state index contributed by atoms with van der Waals surface area (Å²) in [5.74, 6) is 0.558. The molecule has 0 radical (unpaired) electrons. The molecule has 3 aliphatic rings. The Kier molecular flexibility index (Phi) is 8.23. The molecule has 3 aromatic rings. The van der Waals surface area contributed by atoms with E-state index >= 15 is 0 Å². The summed E-state index contributed by atoms with van der Waals surface area (Å²) >= 11 is 1.62. The van der Waals surface area contributed by atoms with Crippen LogP contribution in [0.4, 0.5) is 5.13 Å². The Labute approximate surface area is 251 Å². The molecule has 1 saturated carbocycles. The number of nitrogens with zero attached hydrogens (tertiary/aromatic N) is 4. The number of aromatic nitrogens is 1. The van der Waals surface area contributed by atoms with E-state index in [9.17, 15) is 14.7 Å². The largest absolute Gasteiger partial charge is 0.488 e. The molecule has 1 aliphatic carbocycles. The molecule has 6 rings (SSSR count). The fraction of sp³-hybridized carbons (Fsp3) is 0.485. The van der Waals surface area contributed by atoms with Crippen LogP contribution in [-0.2, 0) is 22.7 Å². The molecule has 2 unspecified atom stereocenters. The minimum Gasteiger partial charge on any atom is -0.488 e. The lowest BCUT2D eigenvalue weighted by Gasteiger charge is -2.36. The monoisotopic (exact) mass is 588 g/mol. The van der Waals surface area contributed by atoms with Crippen LogP contribution in [0.15, 0.2) is 47.8 Å². The summed E-state index contributed by atoms with van der Waals surface area (Å²) < 4.78 is 6.36. The molecular weight excluding hydrogens is 548 g/mol. The number of benzene rings is 2. The van der Waals surface area contributed by atoms with Crippen LogP contribution in [-0.4, -0.2) is 70.5 Å². The van der Waals surface area contributed by atoms with Gasteiger partial charge in [-0.3, -0.25) is 14.5 Å². The number of hydrogen-bond acceptors (Lipinski definition) is 7. The minimum absolute atomic E-state index is 0.205. The summed E-state index contributed by atoms with van der Waals surface area (Å²) in [5, 5.41) is 12.7. The summed E-state index contributed by atoms with van der Waals surface area (Å²) in [5.41, 5.74) is 5.36. The number of rotatable bonds is 9. The van der Waals surface area contributed by atoms with E-state index in [1.807, 2.05) is 29.2 Å². The number of piperidine rings is 1. The lowest BCUT2D eigenvalue weighted by molar-refractivity contribution is -0.145. The number of hydrogen-bond donors (Lipinski definition) is 1. The molecule has 9 heteroatoms. The summed E-state index contributed by atoms with van der Waals surface area (Å²) in [6.45, 7) is 11.2. The van der Waals surface area contributed by atoms with Crippen LogP contribution in [0.2, 0.25) is 0 Å². The van der Waals surface area contributed by atoms with Crippen LogP contribution >= 0.6 is 11.3 Å². The van der Waals surface area contributed by atoms with Gasteiger partial charge in [-0.15, -0.1) is 11.3 Å². The molecule has 2 atom stereocenters. The number of carbonyl (C=O) groups excluding carboxylic acids is 1. The zero-order valence-corrected chi connectivity index (χ0v) is 25.5. The molecule has 0 spiro atoms. The quantitative estimate of drug-likeness (QED) is 0.363. The van der Waals surface area contributed by atoms with Crippen LogP contribution in [0.5, 0.6) is 5.75 Å². The average molecular weight is 589 g/mol. The first kappa shape index (κ1) is 28.7. The molecular formula is C33H40N4O4S. The topological polar surface area (TPSA) is 86.2 Å². The molecule has 3 heterocycles. The van der Waals surface area contributed by atoms with Crippen molar-refractivity contribution in [1.82, 2.24) is 14.8 Å². The van der Waals surface area contributed by atoms with Gasteiger partial charge in [-0.05, 0) is 74.3 Å². The fourth-order valence-electron chi connectivity index (χ4n) is 6.97. The minimum atomic E-state index is -0.644. The van der Waals surface area contributed by atoms with Crippen molar-refractivity contribution < 1.29 is 19.4 Å². The molecule has 222 valence electrons. The predicted octanol–water partition coefficient (Wildman–Crippen LogP) is 5.30. The van der Waals surface area contributed by atoms with Gasteiger partial charge in [0.05, 0.1) is 18.2 Å². The van der Waals surface area contributed by atoms with E-state index in [-0.39, 0.29) is 29.7 Å². The third kappa shape index (κ3) is 5.90. The Morgan fingerprint density at radius 1 is 1.12 bits per heavy atom. The summed E-state index contributed by atoms with van der Waals surface area (Å²) in [6.07, 6.45) is 1.98. The maximum Gasteiger partial charge on any atom is 0.307 e. The summed E-state index contributed by atoms with van der Waals surface area (Å²) in [4.78, 5) is 35.7. The molecule has 1 amide bonds. The number of fused-ring (bicyclic) bond motifs is 2. The molecule has 42 heavy (non-hydrogen) atoms. The molecule has 1 aromatic heterocycles. The fourth-order valence-corrected chi connectivity index (χ4v) is 7.81. The van der Waals surface area contributed by atoms with Gasteiger partial charge in [0.25, 0.3) is 0 Å². The Morgan fingerprint density at radius 2 is 1.88 bits per heavy atom. The van der Waals surface area contributed by atoms with Gasteiger partial charge in [0.2, 0.25) is 5.91 Å². The Balaban J connectivity index is 1.09. The van der Waals surface area contributed by atoms with Crippen molar-refractivity contribution in [3.8, 4) is 17.0 Å². The highest BCUT2D eigenvalue weighted by Gasteiger charge is 2.46. The van der Waals surface area contributed by atoms with Gasteiger partial charge >= 0.3 is 5.97 Å². The average Bonchev–Trinajstić information content (AvgIpc) is 3.55. The number of carboxylic acid groups (broad SMARTS) is 1. The van der Waals surface area contributed by atoms with E-state index in [2.05, 4.69) is 54.2 Å². The molecule has 1 N–H and O–H groups in total. The highest BCUT2D eigenvalue weighted by Crippen LogP contribution is 2.44. The van der Waals surface area contributed by atoms with Crippen molar-refractivity contribution in [3.05, 3.63) is 64.5 Å². The van der Waals surface area contributed by atoms with Crippen molar-refractivity contribution >= 4 is 28.3 Å². The van der Waals surface area contributed by atoms with Gasteiger partial charge in [0, 0.05) is 49.7 Å². The van der Waals surface area contributed by atoms with E-state index in [1.54, 1.807) is 11.3 Å². The van der Waals surface area contributed by atoms with Gasteiger partial charge in [-0.1, -0.05) is 30.3 Å². The third-order valence-corrected chi connectivity index (χ3v) is 10.1. The van der Waals surface area contributed by atoms with Crippen molar-refractivity contribution in [2.24, 2.45) is 17.8 Å². The number of ether oxygens (including phenoxy) is 1. The second kappa shape index (κ2) is 12.1. The molecule has 3 fully saturated rings.